The molecule has 90 valence electrons. The van der Waals surface area contributed by atoms with Gasteiger partial charge in [0.25, 0.3) is 0 Å². The van der Waals surface area contributed by atoms with Crippen molar-refractivity contribution in [1.82, 2.24) is 5.32 Å². The van der Waals surface area contributed by atoms with Crippen molar-refractivity contribution in [3.05, 3.63) is 41.7 Å². The highest BCUT2D eigenvalue weighted by Crippen LogP contribution is 2.39. The highest BCUT2D eigenvalue weighted by atomic mass is 35.5. The van der Waals surface area contributed by atoms with Crippen LogP contribution < -0.4 is 10.6 Å². The molecular formula is C12H12ClFN2O. The second kappa shape index (κ2) is 4.13. The number of amides is 1. The summed E-state index contributed by atoms with van der Waals surface area (Å²) in [5.74, 6) is -0.398. The van der Waals surface area contributed by atoms with Crippen molar-refractivity contribution in [1.29, 1.82) is 0 Å². The standard InChI is InChI=1S/C12H11FN2O.ClH/c13-8-2-3-10-9(6-8)12(11(16)15-10)4-1-5-14-7-12;/h1-4,6,14H,5,7H2,(H,15,16);1H/t12-;/m1./s1. The van der Waals surface area contributed by atoms with Crippen molar-refractivity contribution in [3.63, 3.8) is 0 Å². The van der Waals surface area contributed by atoms with Gasteiger partial charge in [-0.3, -0.25) is 4.79 Å². The fourth-order valence-electron chi connectivity index (χ4n) is 2.36. The van der Waals surface area contributed by atoms with Gasteiger partial charge in [0.2, 0.25) is 5.91 Å². The number of fused-ring (bicyclic) bond motifs is 2. The number of rotatable bonds is 0. The minimum Gasteiger partial charge on any atom is -0.325 e. The van der Waals surface area contributed by atoms with Gasteiger partial charge in [-0.05, 0) is 23.8 Å². The zero-order valence-corrected chi connectivity index (χ0v) is 9.81. The maximum Gasteiger partial charge on any atom is 0.240 e. The minimum absolute atomic E-state index is 0. The van der Waals surface area contributed by atoms with E-state index < -0.39 is 5.41 Å². The zero-order chi connectivity index (χ0) is 11.2. The molecule has 1 aromatic carbocycles. The van der Waals surface area contributed by atoms with Crippen LogP contribution in [0.3, 0.4) is 0 Å². The van der Waals surface area contributed by atoms with Crippen LogP contribution in [-0.2, 0) is 10.2 Å². The Bertz CT molecular complexity index is 503. The number of carbonyl (C=O) groups is 1. The average Bonchev–Trinajstić information content (AvgIpc) is 2.55. The Morgan fingerprint density at radius 1 is 1.35 bits per heavy atom. The highest BCUT2D eigenvalue weighted by Gasteiger charge is 2.45. The van der Waals surface area contributed by atoms with Gasteiger partial charge < -0.3 is 10.6 Å². The van der Waals surface area contributed by atoms with E-state index in [1.807, 2.05) is 12.2 Å². The van der Waals surface area contributed by atoms with E-state index in [2.05, 4.69) is 10.6 Å². The van der Waals surface area contributed by atoms with Gasteiger partial charge in [0.05, 0.1) is 0 Å². The number of anilines is 1. The molecule has 3 nitrogen and oxygen atoms in total. The van der Waals surface area contributed by atoms with E-state index in [0.29, 0.717) is 12.2 Å². The Kier molecular flexibility index (Phi) is 2.93. The van der Waals surface area contributed by atoms with Gasteiger partial charge >= 0.3 is 0 Å². The molecule has 2 aliphatic heterocycles. The molecule has 2 N–H and O–H groups in total. The fourth-order valence-corrected chi connectivity index (χ4v) is 2.36. The third kappa shape index (κ3) is 1.64. The first-order chi connectivity index (χ1) is 7.72. The maximum absolute atomic E-state index is 13.2. The largest absolute Gasteiger partial charge is 0.325 e. The molecule has 0 radical (unpaired) electrons. The summed E-state index contributed by atoms with van der Waals surface area (Å²) in [7, 11) is 0. The van der Waals surface area contributed by atoms with E-state index in [9.17, 15) is 9.18 Å². The number of halogens is 2. The molecule has 0 aromatic heterocycles. The van der Waals surface area contributed by atoms with E-state index >= 15 is 0 Å². The monoisotopic (exact) mass is 254 g/mol. The predicted molar refractivity (Wildman–Crippen MR) is 66.0 cm³/mol. The van der Waals surface area contributed by atoms with Crippen LogP contribution in [0.15, 0.2) is 30.4 Å². The summed E-state index contributed by atoms with van der Waals surface area (Å²) in [6, 6.07) is 4.41. The molecule has 2 heterocycles. The Hall–Kier alpha value is -1.39. The quantitative estimate of drug-likeness (QED) is 0.691. The molecule has 1 amide bonds. The van der Waals surface area contributed by atoms with Crippen molar-refractivity contribution in [2.45, 2.75) is 5.41 Å². The molecule has 1 atom stereocenters. The number of hydrogen-bond acceptors (Lipinski definition) is 2. The minimum atomic E-state index is -0.727. The summed E-state index contributed by atoms with van der Waals surface area (Å²) in [6.45, 7) is 1.27. The predicted octanol–water partition coefficient (Wildman–Crippen LogP) is 1.60. The van der Waals surface area contributed by atoms with Gasteiger partial charge in [-0.2, -0.15) is 0 Å². The van der Waals surface area contributed by atoms with Gasteiger partial charge in [0.15, 0.2) is 0 Å². The van der Waals surface area contributed by atoms with Gasteiger partial charge in [0.1, 0.15) is 11.2 Å². The first kappa shape index (κ1) is 12.1. The molecule has 5 heteroatoms. The molecule has 1 spiro atoms. The molecule has 0 saturated heterocycles. The molecule has 0 fully saturated rings. The average molecular weight is 255 g/mol. The van der Waals surface area contributed by atoms with Crippen molar-refractivity contribution < 1.29 is 9.18 Å². The summed E-state index contributed by atoms with van der Waals surface area (Å²) >= 11 is 0. The Morgan fingerprint density at radius 2 is 2.18 bits per heavy atom. The Morgan fingerprint density at radius 3 is 2.88 bits per heavy atom. The van der Waals surface area contributed by atoms with Gasteiger partial charge in [-0.1, -0.05) is 12.2 Å². The SMILES string of the molecule is Cl.O=C1Nc2ccc(F)cc2[C@]12C=CCNC2. The van der Waals surface area contributed by atoms with Crippen LogP contribution in [0, 0.1) is 5.82 Å². The lowest BCUT2D eigenvalue weighted by Gasteiger charge is -2.27. The van der Waals surface area contributed by atoms with Gasteiger partial charge in [0, 0.05) is 18.8 Å². The van der Waals surface area contributed by atoms with Crippen LogP contribution in [-0.4, -0.2) is 19.0 Å². The maximum atomic E-state index is 13.2. The fraction of sp³-hybridized carbons (Fsp3) is 0.250. The highest BCUT2D eigenvalue weighted by molar-refractivity contribution is 6.08. The number of hydrogen-bond donors (Lipinski definition) is 2. The van der Waals surface area contributed by atoms with Crippen LogP contribution in [0.2, 0.25) is 0 Å². The van der Waals surface area contributed by atoms with Gasteiger partial charge in [-0.15, -0.1) is 12.4 Å². The molecule has 0 unspecified atom stereocenters. The summed E-state index contributed by atoms with van der Waals surface area (Å²) < 4.78 is 13.2. The summed E-state index contributed by atoms with van der Waals surface area (Å²) in [5, 5.41) is 5.93. The molecule has 17 heavy (non-hydrogen) atoms. The molecule has 1 aromatic rings. The number of carbonyl (C=O) groups excluding carboxylic acids is 1. The lowest BCUT2D eigenvalue weighted by Crippen LogP contribution is -2.45. The lowest BCUT2D eigenvalue weighted by molar-refractivity contribution is -0.119. The van der Waals surface area contributed by atoms with Crippen LogP contribution in [0.4, 0.5) is 10.1 Å². The molecular weight excluding hydrogens is 243 g/mol. The van der Waals surface area contributed by atoms with Crippen LogP contribution in [0.25, 0.3) is 0 Å². The van der Waals surface area contributed by atoms with E-state index in [-0.39, 0.29) is 24.1 Å². The van der Waals surface area contributed by atoms with E-state index in [1.54, 1.807) is 6.07 Å². The summed E-state index contributed by atoms with van der Waals surface area (Å²) in [4.78, 5) is 12.0. The van der Waals surface area contributed by atoms with Crippen LogP contribution in [0.1, 0.15) is 5.56 Å². The normalized spacial score (nSPS) is 25.4. The van der Waals surface area contributed by atoms with Crippen molar-refractivity contribution >= 4 is 24.0 Å². The van der Waals surface area contributed by atoms with E-state index in [4.69, 9.17) is 0 Å². The molecule has 3 rings (SSSR count). The number of benzene rings is 1. The van der Waals surface area contributed by atoms with Crippen LogP contribution in [0.5, 0.6) is 0 Å². The third-order valence-corrected chi connectivity index (χ3v) is 3.18. The molecule has 0 bridgehead atoms. The molecule has 0 aliphatic carbocycles. The van der Waals surface area contributed by atoms with Crippen molar-refractivity contribution in [2.75, 3.05) is 18.4 Å². The first-order valence-corrected chi connectivity index (χ1v) is 5.22. The topological polar surface area (TPSA) is 41.1 Å². The van der Waals surface area contributed by atoms with E-state index in [0.717, 1.165) is 12.1 Å². The van der Waals surface area contributed by atoms with Crippen molar-refractivity contribution in [2.24, 2.45) is 0 Å². The Labute approximate surface area is 104 Å². The smallest absolute Gasteiger partial charge is 0.240 e. The zero-order valence-electron chi connectivity index (χ0n) is 9.00. The third-order valence-electron chi connectivity index (χ3n) is 3.18. The second-order valence-corrected chi connectivity index (χ2v) is 4.15. The van der Waals surface area contributed by atoms with Crippen LogP contribution >= 0.6 is 12.4 Å². The first-order valence-electron chi connectivity index (χ1n) is 5.22. The summed E-state index contributed by atoms with van der Waals surface area (Å²) in [5.41, 5.74) is 0.705. The van der Waals surface area contributed by atoms with Gasteiger partial charge in [-0.25, -0.2) is 4.39 Å². The van der Waals surface area contributed by atoms with E-state index in [1.165, 1.54) is 12.1 Å². The van der Waals surface area contributed by atoms with Crippen molar-refractivity contribution in [3.8, 4) is 0 Å². The Balaban J connectivity index is 0.00000108. The second-order valence-electron chi connectivity index (χ2n) is 4.15. The summed E-state index contributed by atoms with van der Waals surface area (Å²) in [6.07, 6.45) is 3.77. The number of nitrogens with one attached hydrogen (secondary N) is 2. The lowest BCUT2D eigenvalue weighted by atomic mass is 9.80. The molecule has 0 saturated carbocycles. The molecule has 2 aliphatic rings.